The smallest absolute Gasteiger partial charge is 0.127 e. The summed E-state index contributed by atoms with van der Waals surface area (Å²) in [5, 5.41) is 3.32. The van der Waals surface area contributed by atoms with Gasteiger partial charge < -0.3 is 10.1 Å². The summed E-state index contributed by atoms with van der Waals surface area (Å²) in [6.45, 7) is 5.38. The molecule has 0 amide bonds. The van der Waals surface area contributed by atoms with Crippen molar-refractivity contribution in [2.45, 2.75) is 26.4 Å². The Kier molecular flexibility index (Phi) is 6.09. The van der Waals surface area contributed by atoms with Gasteiger partial charge in [-0.15, -0.1) is 0 Å². The van der Waals surface area contributed by atoms with E-state index in [1.165, 1.54) is 6.07 Å². The van der Waals surface area contributed by atoms with Gasteiger partial charge in [-0.05, 0) is 24.1 Å². The third-order valence-electron chi connectivity index (χ3n) is 2.71. The van der Waals surface area contributed by atoms with Crippen molar-refractivity contribution < 1.29 is 9.13 Å². The Hall–Kier alpha value is -0.450. The molecule has 0 aliphatic carbocycles. The fourth-order valence-electron chi connectivity index (χ4n) is 1.59. The van der Waals surface area contributed by atoms with Crippen molar-refractivity contribution in [1.29, 1.82) is 0 Å². The highest BCUT2D eigenvalue weighted by Gasteiger charge is 2.13. The number of hydrogen-bond donors (Lipinski definition) is 1. The summed E-state index contributed by atoms with van der Waals surface area (Å²) in [7, 11) is 1.68. The molecular formula is C13H19BrFNO. The second kappa shape index (κ2) is 7.09. The Morgan fingerprint density at radius 1 is 1.41 bits per heavy atom. The van der Waals surface area contributed by atoms with Gasteiger partial charge in [-0.3, -0.25) is 0 Å². The highest BCUT2D eigenvalue weighted by atomic mass is 79.9. The molecule has 1 aromatic carbocycles. The molecule has 0 radical (unpaired) electrons. The van der Waals surface area contributed by atoms with E-state index < -0.39 is 0 Å². The van der Waals surface area contributed by atoms with E-state index in [1.807, 2.05) is 0 Å². The summed E-state index contributed by atoms with van der Waals surface area (Å²) in [6, 6.07) is 5.21. The first-order chi connectivity index (χ1) is 8.04. The number of rotatable bonds is 6. The quantitative estimate of drug-likeness (QED) is 0.870. The molecular weight excluding hydrogens is 285 g/mol. The molecule has 0 aliphatic heterocycles. The van der Waals surface area contributed by atoms with Crippen LogP contribution < -0.4 is 5.32 Å². The van der Waals surface area contributed by atoms with Crippen LogP contribution in [0.1, 0.15) is 19.4 Å². The standard InChI is InChI=1S/C13H19BrFNO/c1-9(2)13(8-17-3)16-7-10-6-11(14)4-5-12(10)15/h4-6,9,13,16H,7-8H2,1-3H3. The number of methoxy groups -OCH3 is 1. The third kappa shape index (κ3) is 4.74. The van der Waals surface area contributed by atoms with E-state index in [-0.39, 0.29) is 11.9 Å². The highest BCUT2D eigenvalue weighted by molar-refractivity contribution is 9.10. The summed E-state index contributed by atoms with van der Waals surface area (Å²) in [5.74, 6) is 0.269. The molecule has 0 saturated heterocycles. The zero-order valence-corrected chi connectivity index (χ0v) is 12.1. The van der Waals surface area contributed by atoms with Crippen LogP contribution in [-0.2, 0) is 11.3 Å². The number of halogens is 2. The topological polar surface area (TPSA) is 21.3 Å². The van der Waals surface area contributed by atoms with E-state index in [9.17, 15) is 4.39 Å². The van der Waals surface area contributed by atoms with Gasteiger partial charge in [0.2, 0.25) is 0 Å². The van der Waals surface area contributed by atoms with Crippen molar-refractivity contribution in [3.8, 4) is 0 Å². The number of benzene rings is 1. The summed E-state index contributed by atoms with van der Waals surface area (Å²) < 4.78 is 19.5. The molecule has 96 valence electrons. The lowest BCUT2D eigenvalue weighted by Gasteiger charge is -2.21. The fraction of sp³-hybridized carbons (Fsp3) is 0.538. The predicted octanol–water partition coefficient (Wildman–Crippen LogP) is 3.35. The van der Waals surface area contributed by atoms with Crippen molar-refractivity contribution >= 4 is 15.9 Å². The second-order valence-electron chi connectivity index (χ2n) is 4.42. The highest BCUT2D eigenvalue weighted by Crippen LogP contribution is 2.16. The molecule has 4 heteroatoms. The Morgan fingerprint density at radius 2 is 2.12 bits per heavy atom. The van der Waals surface area contributed by atoms with Crippen molar-refractivity contribution in [2.24, 2.45) is 5.92 Å². The third-order valence-corrected chi connectivity index (χ3v) is 3.21. The molecule has 1 atom stereocenters. The van der Waals surface area contributed by atoms with Gasteiger partial charge in [0, 0.05) is 29.7 Å². The van der Waals surface area contributed by atoms with Crippen molar-refractivity contribution in [2.75, 3.05) is 13.7 Å². The molecule has 0 fully saturated rings. The lowest BCUT2D eigenvalue weighted by atomic mass is 10.0. The van der Waals surface area contributed by atoms with Gasteiger partial charge in [-0.25, -0.2) is 4.39 Å². The molecule has 1 rings (SSSR count). The molecule has 1 aromatic rings. The normalized spacial score (nSPS) is 13.1. The van der Waals surface area contributed by atoms with Gasteiger partial charge in [0.25, 0.3) is 0 Å². The first kappa shape index (κ1) is 14.6. The average Bonchev–Trinajstić information content (AvgIpc) is 2.28. The maximum absolute atomic E-state index is 13.5. The van der Waals surface area contributed by atoms with Gasteiger partial charge in [-0.1, -0.05) is 29.8 Å². The molecule has 0 aromatic heterocycles. The van der Waals surface area contributed by atoms with Crippen molar-refractivity contribution in [3.63, 3.8) is 0 Å². The number of ether oxygens (including phenoxy) is 1. The Labute approximate surface area is 111 Å². The summed E-state index contributed by atoms with van der Waals surface area (Å²) in [5.41, 5.74) is 0.668. The molecule has 1 N–H and O–H groups in total. The fourth-order valence-corrected chi connectivity index (χ4v) is 1.99. The summed E-state index contributed by atoms with van der Waals surface area (Å²) >= 11 is 3.34. The zero-order valence-electron chi connectivity index (χ0n) is 10.5. The summed E-state index contributed by atoms with van der Waals surface area (Å²) in [4.78, 5) is 0. The van der Waals surface area contributed by atoms with E-state index >= 15 is 0 Å². The van der Waals surface area contributed by atoms with Crippen molar-refractivity contribution in [1.82, 2.24) is 5.32 Å². The van der Waals surface area contributed by atoms with Crippen LogP contribution in [0.15, 0.2) is 22.7 Å². The molecule has 0 heterocycles. The van der Waals surface area contributed by atoms with E-state index in [0.29, 0.717) is 24.6 Å². The van der Waals surface area contributed by atoms with Crippen LogP contribution in [0.2, 0.25) is 0 Å². The second-order valence-corrected chi connectivity index (χ2v) is 5.34. The molecule has 0 spiro atoms. The minimum Gasteiger partial charge on any atom is -0.383 e. The number of hydrogen-bond acceptors (Lipinski definition) is 2. The zero-order chi connectivity index (χ0) is 12.8. The van der Waals surface area contributed by atoms with E-state index in [4.69, 9.17) is 4.74 Å². The lowest BCUT2D eigenvalue weighted by molar-refractivity contribution is 0.146. The first-order valence-electron chi connectivity index (χ1n) is 5.70. The molecule has 17 heavy (non-hydrogen) atoms. The van der Waals surface area contributed by atoms with E-state index in [0.717, 1.165) is 4.47 Å². The molecule has 2 nitrogen and oxygen atoms in total. The largest absolute Gasteiger partial charge is 0.383 e. The van der Waals surface area contributed by atoms with Gasteiger partial charge in [-0.2, -0.15) is 0 Å². The Bertz CT molecular complexity index is 357. The van der Waals surface area contributed by atoms with Crippen LogP contribution in [0.4, 0.5) is 4.39 Å². The summed E-state index contributed by atoms with van der Waals surface area (Å²) in [6.07, 6.45) is 0. The maximum atomic E-state index is 13.5. The SMILES string of the molecule is COCC(NCc1cc(Br)ccc1F)C(C)C. The lowest BCUT2D eigenvalue weighted by Crippen LogP contribution is -2.37. The van der Waals surface area contributed by atoms with Crippen molar-refractivity contribution in [3.05, 3.63) is 34.1 Å². The maximum Gasteiger partial charge on any atom is 0.127 e. The molecule has 0 bridgehead atoms. The van der Waals surface area contributed by atoms with Crippen LogP contribution in [-0.4, -0.2) is 19.8 Å². The first-order valence-corrected chi connectivity index (χ1v) is 6.50. The molecule has 0 aliphatic rings. The van der Waals surface area contributed by atoms with Crippen LogP contribution in [0.25, 0.3) is 0 Å². The van der Waals surface area contributed by atoms with Crippen LogP contribution >= 0.6 is 15.9 Å². The van der Waals surface area contributed by atoms with E-state index in [2.05, 4.69) is 35.1 Å². The Morgan fingerprint density at radius 3 is 2.71 bits per heavy atom. The van der Waals surface area contributed by atoms with Gasteiger partial charge in [0.1, 0.15) is 5.82 Å². The van der Waals surface area contributed by atoms with Gasteiger partial charge in [0.05, 0.1) is 6.61 Å². The predicted molar refractivity (Wildman–Crippen MR) is 71.4 cm³/mol. The van der Waals surface area contributed by atoms with Gasteiger partial charge >= 0.3 is 0 Å². The minimum atomic E-state index is -0.180. The molecule has 1 unspecified atom stereocenters. The van der Waals surface area contributed by atoms with E-state index in [1.54, 1.807) is 19.2 Å². The number of nitrogens with one attached hydrogen (secondary N) is 1. The van der Waals surface area contributed by atoms with Gasteiger partial charge in [0.15, 0.2) is 0 Å². The van der Waals surface area contributed by atoms with Crippen LogP contribution in [0.3, 0.4) is 0 Å². The van der Waals surface area contributed by atoms with Crippen LogP contribution in [0.5, 0.6) is 0 Å². The monoisotopic (exact) mass is 303 g/mol. The molecule has 0 saturated carbocycles. The average molecular weight is 304 g/mol. The Balaban J connectivity index is 2.61. The van der Waals surface area contributed by atoms with Crippen LogP contribution in [0, 0.1) is 11.7 Å². The minimum absolute atomic E-state index is 0.180.